The van der Waals surface area contributed by atoms with Gasteiger partial charge < -0.3 is 5.32 Å². The number of H-pyrrole nitrogens is 1. The SMILES string of the molecule is Cc1cc(Cc2cc(C)[nH]n2)nc([C@@H]2CC[C@@](C)(C(=O)N[C@@H](C)c3ccc(-n4cc(F)cn4)nc3)C2)n1. The van der Waals surface area contributed by atoms with Gasteiger partial charge in [0.2, 0.25) is 5.91 Å². The summed E-state index contributed by atoms with van der Waals surface area (Å²) in [5.41, 5.74) is 4.19. The maximum Gasteiger partial charge on any atom is 0.226 e. The van der Waals surface area contributed by atoms with Gasteiger partial charge in [-0.25, -0.2) is 24.0 Å². The van der Waals surface area contributed by atoms with Gasteiger partial charge in [0.25, 0.3) is 0 Å². The minimum absolute atomic E-state index is 0.0144. The van der Waals surface area contributed by atoms with Crippen LogP contribution in [0.2, 0.25) is 0 Å². The van der Waals surface area contributed by atoms with Gasteiger partial charge in [-0.15, -0.1) is 0 Å². The predicted molar refractivity (Wildman–Crippen MR) is 135 cm³/mol. The predicted octanol–water partition coefficient (Wildman–Crippen LogP) is 4.28. The Balaban J connectivity index is 1.23. The van der Waals surface area contributed by atoms with Crippen LogP contribution in [0.4, 0.5) is 4.39 Å². The lowest BCUT2D eigenvalue weighted by atomic mass is 9.86. The number of hydrogen-bond donors (Lipinski definition) is 2. The van der Waals surface area contributed by atoms with E-state index < -0.39 is 11.2 Å². The molecule has 9 nitrogen and oxygen atoms in total. The van der Waals surface area contributed by atoms with Gasteiger partial charge in [0, 0.05) is 35.3 Å². The van der Waals surface area contributed by atoms with Crippen LogP contribution in [0, 0.1) is 25.1 Å². The van der Waals surface area contributed by atoms with Gasteiger partial charge in [0.15, 0.2) is 11.6 Å². The summed E-state index contributed by atoms with van der Waals surface area (Å²) in [6.45, 7) is 7.92. The van der Waals surface area contributed by atoms with Crippen LogP contribution >= 0.6 is 0 Å². The molecule has 1 amide bonds. The lowest BCUT2D eigenvalue weighted by molar-refractivity contribution is -0.130. The second kappa shape index (κ2) is 9.84. The molecule has 2 N–H and O–H groups in total. The van der Waals surface area contributed by atoms with Crippen molar-refractivity contribution in [3.05, 3.63) is 82.8 Å². The number of hydrogen-bond acceptors (Lipinski definition) is 6. The largest absolute Gasteiger partial charge is 0.349 e. The Kier molecular flexibility index (Phi) is 6.57. The van der Waals surface area contributed by atoms with E-state index in [4.69, 9.17) is 9.97 Å². The van der Waals surface area contributed by atoms with E-state index in [2.05, 4.69) is 25.6 Å². The molecule has 0 unspecified atom stereocenters. The quantitative estimate of drug-likeness (QED) is 0.390. The van der Waals surface area contributed by atoms with Gasteiger partial charge in [-0.1, -0.05) is 13.0 Å². The van der Waals surface area contributed by atoms with Crippen molar-refractivity contribution < 1.29 is 9.18 Å². The number of halogens is 1. The Morgan fingerprint density at radius 3 is 2.76 bits per heavy atom. The molecule has 1 aliphatic rings. The van der Waals surface area contributed by atoms with Crippen molar-refractivity contribution in [1.82, 2.24) is 40.2 Å². The van der Waals surface area contributed by atoms with E-state index in [1.54, 1.807) is 12.3 Å². The number of amides is 1. The second-order valence-electron chi connectivity index (χ2n) is 10.3. The molecule has 0 aliphatic heterocycles. The van der Waals surface area contributed by atoms with Crippen molar-refractivity contribution in [3.63, 3.8) is 0 Å². The molecule has 192 valence electrons. The van der Waals surface area contributed by atoms with Crippen molar-refractivity contribution in [2.75, 3.05) is 0 Å². The van der Waals surface area contributed by atoms with Gasteiger partial charge in [0.05, 0.1) is 29.8 Å². The van der Waals surface area contributed by atoms with E-state index in [1.807, 2.05) is 45.9 Å². The van der Waals surface area contributed by atoms with E-state index in [9.17, 15) is 9.18 Å². The van der Waals surface area contributed by atoms with Crippen LogP contribution < -0.4 is 5.32 Å². The number of pyridine rings is 1. The molecular weight excluding hydrogens is 471 g/mol. The van der Waals surface area contributed by atoms with Gasteiger partial charge >= 0.3 is 0 Å². The monoisotopic (exact) mass is 502 g/mol. The summed E-state index contributed by atoms with van der Waals surface area (Å²) in [7, 11) is 0. The molecule has 1 aliphatic carbocycles. The Bertz CT molecular complexity index is 1410. The molecule has 4 aromatic rings. The highest BCUT2D eigenvalue weighted by atomic mass is 19.1. The number of carbonyl (C=O) groups is 1. The summed E-state index contributed by atoms with van der Waals surface area (Å²) in [6.07, 6.45) is 7.05. The summed E-state index contributed by atoms with van der Waals surface area (Å²) in [5.74, 6) is 1.04. The van der Waals surface area contributed by atoms with E-state index in [0.717, 1.165) is 53.2 Å². The Morgan fingerprint density at radius 1 is 1.24 bits per heavy atom. The zero-order chi connectivity index (χ0) is 26.2. The molecule has 1 saturated carbocycles. The summed E-state index contributed by atoms with van der Waals surface area (Å²) in [6, 6.07) is 7.43. The fourth-order valence-corrected chi connectivity index (χ4v) is 5.02. The molecule has 5 rings (SSSR count). The highest BCUT2D eigenvalue weighted by molar-refractivity contribution is 5.83. The first-order valence-corrected chi connectivity index (χ1v) is 12.5. The van der Waals surface area contributed by atoms with Crippen molar-refractivity contribution in [2.24, 2.45) is 5.41 Å². The number of aryl methyl sites for hydroxylation is 2. The minimum Gasteiger partial charge on any atom is -0.349 e. The van der Waals surface area contributed by atoms with Gasteiger partial charge in [-0.05, 0) is 63.8 Å². The van der Waals surface area contributed by atoms with Gasteiger partial charge in [-0.3, -0.25) is 9.89 Å². The molecule has 0 radical (unpaired) electrons. The topological polar surface area (TPSA) is 114 Å². The smallest absolute Gasteiger partial charge is 0.226 e. The standard InChI is InChI=1S/C27H31FN8O/c1-16-9-22(11-23-10-17(2)34-35-23)33-25(31-16)19-7-8-27(4,12-19)26(37)32-18(3)20-5-6-24(29-13-20)36-15-21(28)14-30-36/h5-6,9-10,13-15,18-19H,7-8,11-12H2,1-4H3,(H,32,37)(H,34,35)/t18-,19+,27+/m0/s1. The molecule has 0 saturated heterocycles. The molecule has 0 aromatic carbocycles. The zero-order valence-corrected chi connectivity index (χ0v) is 21.5. The lowest BCUT2D eigenvalue weighted by Crippen LogP contribution is -2.38. The zero-order valence-electron chi connectivity index (χ0n) is 21.5. The molecule has 4 aromatic heterocycles. The van der Waals surface area contributed by atoms with E-state index in [0.29, 0.717) is 18.7 Å². The Morgan fingerprint density at radius 2 is 2.08 bits per heavy atom. The fourth-order valence-electron chi connectivity index (χ4n) is 5.02. The van der Waals surface area contributed by atoms with Crippen LogP contribution in [0.3, 0.4) is 0 Å². The maximum atomic E-state index is 13.4. The van der Waals surface area contributed by atoms with Crippen LogP contribution in [0.25, 0.3) is 5.82 Å². The Hall–Kier alpha value is -3.95. The first-order chi connectivity index (χ1) is 17.7. The average Bonchev–Trinajstić information content (AvgIpc) is 3.59. The molecule has 10 heteroatoms. The molecule has 1 fully saturated rings. The summed E-state index contributed by atoms with van der Waals surface area (Å²) < 4.78 is 14.6. The van der Waals surface area contributed by atoms with Crippen LogP contribution in [0.5, 0.6) is 0 Å². The molecule has 0 bridgehead atoms. The second-order valence-corrected chi connectivity index (χ2v) is 10.3. The summed E-state index contributed by atoms with van der Waals surface area (Å²) in [4.78, 5) is 27.3. The molecule has 0 spiro atoms. The number of aromatic amines is 1. The first-order valence-electron chi connectivity index (χ1n) is 12.5. The van der Waals surface area contributed by atoms with Crippen LogP contribution in [-0.4, -0.2) is 40.8 Å². The summed E-state index contributed by atoms with van der Waals surface area (Å²) in [5, 5.41) is 14.4. The number of aromatic nitrogens is 7. The van der Waals surface area contributed by atoms with Gasteiger partial charge in [-0.2, -0.15) is 10.2 Å². The number of nitrogens with zero attached hydrogens (tertiary/aromatic N) is 6. The van der Waals surface area contributed by atoms with Crippen LogP contribution in [0.15, 0.2) is 42.9 Å². The van der Waals surface area contributed by atoms with Crippen LogP contribution in [-0.2, 0) is 11.2 Å². The Labute approximate surface area is 215 Å². The third-order valence-corrected chi connectivity index (χ3v) is 7.10. The normalized spacial score (nSPS) is 20.2. The summed E-state index contributed by atoms with van der Waals surface area (Å²) >= 11 is 0. The van der Waals surface area contributed by atoms with E-state index in [-0.39, 0.29) is 17.9 Å². The third-order valence-electron chi connectivity index (χ3n) is 7.10. The number of rotatable bonds is 7. The maximum absolute atomic E-state index is 13.4. The van der Waals surface area contributed by atoms with Gasteiger partial charge in [0.1, 0.15) is 5.82 Å². The fraction of sp³-hybridized carbons (Fsp3) is 0.407. The molecule has 37 heavy (non-hydrogen) atoms. The van der Waals surface area contributed by atoms with Crippen molar-refractivity contribution in [1.29, 1.82) is 0 Å². The lowest BCUT2D eigenvalue weighted by Gasteiger charge is -2.26. The minimum atomic E-state index is -0.508. The van der Waals surface area contributed by atoms with Crippen LogP contribution in [0.1, 0.15) is 79.2 Å². The van der Waals surface area contributed by atoms with Crippen molar-refractivity contribution >= 4 is 5.91 Å². The average molecular weight is 503 g/mol. The van der Waals surface area contributed by atoms with Crippen molar-refractivity contribution in [3.8, 4) is 5.82 Å². The highest BCUT2D eigenvalue weighted by Crippen LogP contribution is 2.46. The molecular formula is C27H31FN8O. The van der Waals surface area contributed by atoms with E-state index in [1.165, 1.54) is 10.9 Å². The van der Waals surface area contributed by atoms with Crippen molar-refractivity contribution in [2.45, 2.75) is 65.3 Å². The molecule has 4 heterocycles. The highest BCUT2D eigenvalue weighted by Gasteiger charge is 2.43. The first kappa shape index (κ1) is 24.7. The van der Waals surface area contributed by atoms with E-state index >= 15 is 0 Å². The third kappa shape index (κ3) is 5.42. The molecule has 3 atom stereocenters. The number of carbonyl (C=O) groups excluding carboxylic acids is 1. The number of nitrogens with one attached hydrogen (secondary N) is 2.